The third-order valence-electron chi connectivity index (χ3n) is 4.08. The Bertz CT molecular complexity index is 405. The molecule has 0 atom stereocenters. The van der Waals surface area contributed by atoms with Crippen molar-refractivity contribution < 1.29 is 9.47 Å². The molecule has 0 amide bonds. The standard InChI is InChI=1S/C16H24O2/c1-15(2,3)14-8-6-7-12(9-14)13-10-16(11-13,17-4)18-5/h6-9,13H,10-11H2,1-5H3. The normalized spacial score (nSPS) is 19.6. The molecule has 100 valence electrons. The fourth-order valence-corrected chi connectivity index (χ4v) is 2.60. The van der Waals surface area contributed by atoms with E-state index in [2.05, 4.69) is 45.0 Å². The first-order valence-corrected chi connectivity index (χ1v) is 6.61. The molecule has 1 aromatic carbocycles. The molecule has 1 aromatic rings. The second kappa shape index (κ2) is 4.67. The van der Waals surface area contributed by atoms with Crippen LogP contribution in [-0.2, 0) is 14.9 Å². The Labute approximate surface area is 110 Å². The fraction of sp³-hybridized carbons (Fsp3) is 0.625. The van der Waals surface area contributed by atoms with E-state index in [0.29, 0.717) is 5.92 Å². The molecule has 18 heavy (non-hydrogen) atoms. The lowest BCUT2D eigenvalue weighted by Crippen LogP contribution is -2.46. The first-order valence-electron chi connectivity index (χ1n) is 6.61. The Morgan fingerprint density at radius 1 is 1.11 bits per heavy atom. The van der Waals surface area contributed by atoms with Crippen LogP contribution in [0.3, 0.4) is 0 Å². The van der Waals surface area contributed by atoms with E-state index in [-0.39, 0.29) is 11.2 Å². The zero-order valence-electron chi connectivity index (χ0n) is 12.1. The topological polar surface area (TPSA) is 18.5 Å². The SMILES string of the molecule is COC1(OC)CC(c2cccc(C(C)(C)C)c2)C1. The van der Waals surface area contributed by atoms with Crippen molar-refractivity contribution in [2.75, 3.05) is 14.2 Å². The molecule has 2 nitrogen and oxygen atoms in total. The molecule has 1 aliphatic rings. The molecule has 0 heterocycles. The number of rotatable bonds is 3. The quantitative estimate of drug-likeness (QED) is 0.756. The summed E-state index contributed by atoms with van der Waals surface area (Å²) in [5, 5.41) is 0. The average molecular weight is 248 g/mol. The van der Waals surface area contributed by atoms with Gasteiger partial charge in [0.1, 0.15) is 0 Å². The molecular weight excluding hydrogens is 224 g/mol. The van der Waals surface area contributed by atoms with Crippen molar-refractivity contribution in [2.45, 2.75) is 50.7 Å². The van der Waals surface area contributed by atoms with E-state index in [0.717, 1.165) is 12.8 Å². The van der Waals surface area contributed by atoms with Gasteiger partial charge in [-0.25, -0.2) is 0 Å². The number of methoxy groups -OCH3 is 2. The van der Waals surface area contributed by atoms with Crippen LogP contribution in [0, 0.1) is 0 Å². The second-order valence-electron chi connectivity index (χ2n) is 6.30. The van der Waals surface area contributed by atoms with Crippen LogP contribution in [0.1, 0.15) is 50.7 Å². The van der Waals surface area contributed by atoms with Crippen LogP contribution in [0.2, 0.25) is 0 Å². The maximum Gasteiger partial charge on any atom is 0.168 e. The van der Waals surface area contributed by atoms with Crippen molar-refractivity contribution in [2.24, 2.45) is 0 Å². The third-order valence-corrected chi connectivity index (χ3v) is 4.08. The number of benzene rings is 1. The molecule has 0 bridgehead atoms. The zero-order chi connectivity index (χ0) is 13.4. The van der Waals surface area contributed by atoms with Crippen molar-refractivity contribution in [3.05, 3.63) is 35.4 Å². The summed E-state index contributed by atoms with van der Waals surface area (Å²) in [4.78, 5) is 0. The fourth-order valence-electron chi connectivity index (χ4n) is 2.60. The number of ether oxygens (including phenoxy) is 2. The molecule has 0 N–H and O–H groups in total. The largest absolute Gasteiger partial charge is 0.353 e. The van der Waals surface area contributed by atoms with Gasteiger partial charge in [-0.2, -0.15) is 0 Å². The van der Waals surface area contributed by atoms with E-state index in [9.17, 15) is 0 Å². The molecule has 0 radical (unpaired) electrons. The minimum Gasteiger partial charge on any atom is -0.353 e. The summed E-state index contributed by atoms with van der Waals surface area (Å²) >= 11 is 0. The molecule has 2 heteroatoms. The summed E-state index contributed by atoms with van der Waals surface area (Å²) in [6.45, 7) is 6.75. The zero-order valence-corrected chi connectivity index (χ0v) is 12.1. The van der Waals surface area contributed by atoms with Gasteiger partial charge in [-0.1, -0.05) is 45.0 Å². The van der Waals surface area contributed by atoms with Gasteiger partial charge in [0.05, 0.1) is 0 Å². The van der Waals surface area contributed by atoms with Crippen LogP contribution < -0.4 is 0 Å². The van der Waals surface area contributed by atoms with Crippen molar-refractivity contribution >= 4 is 0 Å². The Balaban J connectivity index is 2.13. The summed E-state index contributed by atoms with van der Waals surface area (Å²) in [5.74, 6) is 0.217. The Kier molecular flexibility index (Phi) is 3.52. The highest BCUT2D eigenvalue weighted by molar-refractivity contribution is 5.32. The van der Waals surface area contributed by atoms with Gasteiger partial charge in [0.25, 0.3) is 0 Å². The van der Waals surface area contributed by atoms with Crippen LogP contribution in [0.4, 0.5) is 0 Å². The van der Waals surface area contributed by atoms with E-state index in [1.54, 1.807) is 14.2 Å². The first kappa shape index (κ1) is 13.6. The summed E-state index contributed by atoms with van der Waals surface area (Å²) < 4.78 is 10.9. The highest BCUT2D eigenvalue weighted by Gasteiger charge is 2.45. The summed E-state index contributed by atoms with van der Waals surface area (Å²) in [5.41, 5.74) is 3.01. The smallest absolute Gasteiger partial charge is 0.168 e. The van der Waals surface area contributed by atoms with Gasteiger partial charge >= 0.3 is 0 Å². The van der Waals surface area contributed by atoms with Crippen molar-refractivity contribution in [3.8, 4) is 0 Å². The van der Waals surface area contributed by atoms with Crippen molar-refractivity contribution in [1.29, 1.82) is 0 Å². The predicted octanol–water partition coefficient (Wildman–Crippen LogP) is 3.85. The van der Waals surface area contributed by atoms with Crippen LogP contribution in [0.25, 0.3) is 0 Å². The molecular formula is C16H24O2. The molecule has 1 aliphatic carbocycles. The van der Waals surface area contributed by atoms with Gasteiger partial charge < -0.3 is 9.47 Å². The van der Waals surface area contributed by atoms with Gasteiger partial charge in [-0.05, 0) is 22.5 Å². The van der Waals surface area contributed by atoms with Crippen molar-refractivity contribution in [1.82, 2.24) is 0 Å². The molecule has 0 spiro atoms. The van der Waals surface area contributed by atoms with Gasteiger partial charge in [0.2, 0.25) is 0 Å². The summed E-state index contributed by atoms with van der Waals surface area (Å²) in [6, 6.07) is 8.92. The maximum absolute atomic E-state index is 5.45. The van der Waals surface area contributed by atoms with Gasteiger partial charge in [-0.15, -0.1) is 0 Å². The highest BCUT2D eigenvalue weighted by atomic mass is 16.7. The van der Waals surface area contributed by atoms with E-state index < -0.39 is 0 Å². The van der Waals surface area contributed by atoms with E-state index in [4.69, 9.17) is 9.47 Å². The van der Waals surface area contributed by atoms with Crippen LogP contribution >= 0.6 is 0 Å². The molecule has 0 aromatic heterocycles. The van der Waals surface area contributed by atoms with Crippen LogP contribution in [0.15, 0.2) is 24.3 Å². The lowest BCUT2D eigenvalue weighted by atomic mass is 9.73. The lowest BCUT2D eigenvalue weighted by Gasteiger charge is -2.45. The van der Waals surface area contributed by atoms with E-state index in [1.165, 1.54) is 11.1 Å². The molecule has 1 saturated carbocycles. The second-order valence-corrected chi connectivity index (χ2v) is 6.30. The Morgan fingerprint density at radius 3 is 2.22 bits per heavy atom. The Morgan fingerprint density at radius 2 is 1.72 bits per heavy atom. The predicted molar refractivity (Wildman–Crippen MR) is 73.9 cm³/mol. The number of hydrogen-bond donors (Lipinski definition) is 0. The van der Waals surface area contributed by atoms with E-state index >= 15 is 0 Å². The van der Waals surface area contributed by atoms with Gasteiger partial charge in [-0.3, -0.25) is 0 Å². The highest BCUT2D eigenvalue weighted by Crippen LogP contribution is 2.47. The molecule has 0 aliphatic heterocycles. The number of hydrogen-bond acceptors (Lipinski definition) is 2. The van der Waals surface area contributed by atoms with Gasteiger partial charge in [0, 0.05) is 27.1 Å². The molecule has 0 unspecified atom stereocenters. The lowest BCUT2D eigenvalue weighted by molar-refractivity contribution is -0.257. The van der Waals surface area contributed by atoms with Crippen molar-refractivity contribution in [3.63, 3.8) is 0 Å². The summed E-state index contributed by atoms with van der Waals surface area (Å²) in [7, 11) is 3.45. The molecule has 2 rings (SSSR count). The van der Waals surface area contributed by atoms with Crippen LogP contribution in [-0.4, -0.2) is 20.0 Å². The minimum atomic E-state index is -0.345. The Hall–Kier alpha value is -0.860. The van der Waals surface area contributed by atoms with Gasteiger partial charge in [0.15, 0.2) is 5.79 Å². The summed E-state index contributed by atoms with van der Waals surface area (Å²) in [6.07, 6.45) is 1.90. The molecule has 1 fully saturated rings. The van der Waals surface area contributed by atoms with Crippen LogP contribution in [0.5, 0.6) is 0 Å². The first-order chi connectivity index (χ1) is 8.40. The average Bonchev–Trinajstić information content (AvgIpc) is 2.28. The molecule has 0 saturated heterocycles. The maximum atomic E-state index is 5.45. The minimum absolute atomic E-state index is 0.208. The third kappa shape index (κ3) is 2.45. The monoisotopic (exact) mass is 248 g/mol. The van der Waals surface area contributed by atoms with E-state index in [1.807, 2.05) is 0 Å².